The number of pyridine rings is 1. The number of carbonyl (C=O) groups excluding carboxylic acids is 3. The fraction of sp³-hybridized carbons (Fsp3) is 0.133. The van der Waals surface area contributed by atoms with Crippen molar-refractivity contribution in [3.8, 4) is 0 Å². The van der Waals surface area contributed by atoms with Gasteiger partial charge < -0.3 is 4.90 Å². The highest BCUT2D eigenvalue weighted by Gasteiger charge is 2.12. The van der Waals surface area contributed by atoms with Gasteiger partial charge in [0.1, 0.15) is 0 Å². The third-order valence-corrected chi connectivity index (χ3v) is 5.87. The van der Waals surface area contributed by atoms with E-state index in [4.69, 9.17) is 0 Å². The van der Waals surface area contributed by atoms with Crippen molar-refractivity contribution >= 4 is 23.0 Å². The van der Waals surface area contributed by atoms with Crippen LogP contribution in [-0.2, 0) is 12.8 Å². The van der Waals surface area contributed by atoms with Crippen molar-refractivity contribution in [2.24, 2.45) is 0 Å². The molecule has 0 radical (unpaired) electrons. The molecule has 5 heteroatoms. The molecule has 174 valence electrons. The summed E-state index contributed by atoms with van der Waals surface area (Å²) in [6.07, 6.45) is 3.73. The number of carbonyl (C=O) groups is 3. The van der Waals surface area contributed by atoms with Crippen molar-refractivity contribution in [2.75, 3.05) is 19.0 Å². The average molecular weight is 463 g/mol. The molecule has 0 spiro atoms. The Morgan fingerprint density at radius 1 is 0.571 bits per heavy atom. The van der Waals surface area contributed by atoms with E-state index in [1.165, 1.54) is 0 Å². The maximum Gasteiger partial charge on any atom is 0.193 e. The first-order valence-electron chi connectivity index (χ1n) is 11.4. The highest BCUT2D eigenvalue weighted by Crippen LogP contribution is 2.17. The molecule has 0 saturated carbocycles. The van der Waals surface area contributed by atoms with Crippen LogP contribution in [0.15, 0.2) is 97.3 Å². The lowest BCUT2D eigenvalue weighted by Crippen LogP contribution is -2.09. The summed E-state index contributed by atoms with van der Waals surface area (Å²) in [5, 5.41) is 0. The van der Waals surface area contributed by atoms with Gasteiger partial charge in [0.15, 0.2) is 17.3 Å². The minimum absolute atomic E-state index is 0.00487. The predicted octanol–water partition coefficient (Wildman–Crippen LogP) is 5.23. The smallest absolute Gasteiger partial charge is 0.193 e. The van der Waals surface area contributed by atoms with E-state index in [0.29, 0.717) is 22.3 Å². The summed E-state index contributed by atoms with van der Waals surface area (Å²) >= 11 is 0. The Morgan fingerprint density at radius 2 is 0.971 bits per heavy atom. The van der Waals surface area contributed by atoms with Crippen molar-refractivity contribution in [1.82, 2.24) is 4.98 Å². The van der Waals surface area contributed by atoms with Crippen molar-refractivity contribution in [3.05, 3.63) is 131 Å². The predicted molar refractivity (Wildman–Crippen MR) is 137 cm³/mol. The standard InChI is InChI=1S/C30H26N2O3/c1-32(2)27-13-11-23(12-14-27)28(33)19-21-3-7-25(8-4-21)30(35)26-9-5-22(6-10-26)20-29(34)24-15-17-31-18-16-24/h3-18H,19-20H2,1-2H3. The molecule has 0 atom stereocenters. The fourth-order valence-corrected chi connectivity index (χ4v) is 3.77. The lowest BCUT2D eigenvalue weighted by atomic mass is 9.97. The van der Waals surface area contributed by atoms with Crippen LogP contribution in [0, 0.1) is 0 Å². The van der Waals surface area contributed by atoms with Crippen LogP contribution < -0.4 is 4.90 Å². The van der Waals surface area contributed by atoms with Gasteiger partial charge in [-0.1, -0.05) is 48.5 Å². The van der Waals surface area contributed by atoms with E-state index in [1.54, 1.807) is 60.9 Å². The molecule has 0 amide bonds. The van der Waals surface area contributed by atoms with E-state index >= 15 is 0 Å². The number of Topliss-reactive ketones (excluding diaryl/α,β-unsaturated/α-hetero) is 2. The van der Waals surface area contributed by atoms with Gasteiger partial charge in [0, 0.05) is 67.3 Å². The molecule has 0 aliphatic heterocycles. The van der Waals surface area contributed by atoms with E-state index in [9.17, 15) is 14.4 Å². The van der Waals surface area contributed by atoms with Gasteiger partial charge in [-0.25, -0.2) is 0 Å². The van der Waals surface area contributed by atoms with Crippen LogP contribution in [-0.4, -0.2) is 36.4 Å². The van der Waals surface area contributed by atoms with Crippen LogP contribution in [0.2, 0.25) is 0 Å². The third kappa shape index (κ3) is 5.95. The van der Waals surface area contributed by atoms with Gasteiger partial charge in [0.2, 0.25) is 0 Å². The molecule has 35 heavy (non-hydrogen) atoms. The first-order chi connectivity index (χ1) is 16.9. The molecule has 4 aromatic rings. The first kappa shape index (κ1) is 23.8. The summed E-state index contributed by atoms with van der Waals surface area (Å²) in [6, 6.07) is 25.2. The Morgan fingerprint density at radius 3 is 1.40 bits per heavy atom. The van der Waals surface area contributed by atoms with Crippen LogP contribution in [0.25, 0.3) is 0 Å². The minimum atomic E-state index is -0.103. The van der Waals surface area contributed by atoms with Gasteiger partial charge in [-0.15, -0.1) is 0 Å². The number of hydrogen-bond donors (Lipinski definition) is 0. The second kappa shape index (κ2) is 10.7. The summed E-state index contributed by atoms with van der Waals surface area (Å²) < 4.78 is 0. The molecule has 0 aliphatic rings. The molecule has 1 aromatic heterocycles. The lowest BCUT2D eigenvalue weighted by molar-refractivity contribution is 0.0984. The number of benzene rings is 3. The van der Waals surface area contributed by atoms with Crippen LogP contribution in [0.3, 0.4) is 0 Å². The second-order valence-corrected chi connectivity index (χ2v) is 8.60. The SMILES string of the molecule is CN(C)c1ccc(C(=O)Cc2ccc(C(=O)c3ccc(CC(=O)c4ccncc4)cc3)cc2)cc1. The molecule has 0 unspecified atom stereocenters. The fourth-order valence-electron chi connectivity index (χ4n) is 3.77. The van der Waals surface area contributed by atoms with Crippen molar-refractivity contribution in [1.29, 1.82) is 0 Å². The Hall–Kier alpha value is -4.38. The lowest BCUT2D eigenvalue weighted by Gasteiger charge is -2.12. The van der Waals surface area contributed by atoms with Gasteiger partial charge in [-0.3, -0.25) is 19.4 Å². The second-order valence-electron chi connectivity index (χ2n) is 8.60. The van der Waals surface area contributed by atoms with Gasteiger partial charge in [-0.2, -0.15) is 0 Å². The Kier molecular flexibility index (Phi) is 7.27. The number of hydrogen-bond acceptors (Lipinski definition) is 5. The first-order valence-corrected chi connectivity index (χ1v) is 11.4. The van der Waals surface area contributed by atoms with Crippen LogP contribution >= 0.6 is 0 Å². The summed E-state index contributed by atoms with van der Waals surface area (Å²) in [5.74, 6) is -0.0642. The monoisotopic (exact) mass is 462 g/mol. The average Bonchev–Trinajstić information content (AvgIpc) is 2.89. The van der Waals surface area contributed by atoms with E-state index in [0.717, 1.165) is 16.8 Å². The van der Waals surface area contributed by atoms with Gasteiger partial charge >= 0.3 is 0 Å². The van der Waals surface area contributed by atoms with Crippen LogP contribution in [0.5, 0.6) is 0 Å². The van der Waals surface area contributed by atoms with E-state index in [1.807, 2.05) is 55.4 Å². The highest BCUT2D eigenvalue weighted by atomic mass is 16.1. The normalized spacial score (nSPS) is 10.6. The number of nitrogens with zero attached hydrogens (tertiary/aromatic N) is 2. The quantitative estimate of drug-likeness (QED) is 0.319. The molecule has 0 fully saturated rings. The zero-order valence-electron chi connectivity index (χ0n) is 19.8. The molecular formula is C30H26N2O3. The largest absolute Gasteiger partial charge is 0.378 e. The van der Waals surface area contributed by atoms with Crippen molar-refractivity contribution in [3.63, 3.8) is 0 Å². The van der Waals surface area contributed by atoms with E-state index < -0.39 is 0 Å². The molecule has 0 N–H and O–H groups in total. The number of anilines is 1. The van der Waals surface area contributed by atoms with Gasteiger partial charge in [0.25, 0.3) is 0 Å². The molecule has 0 bridgehead atoms. The van der Waals surface area contributed by atoms with Gasteiger partial charge in [0.05, 0.1) is 0 Å². The summed E-state index contributed by atoms with van der Waals surface area (Å²) in [4.78, 5) is 43.8. The Balaban J connectivity index is 1.37. The molecule has 0 saturated heterocycles. The van der Waals surface area contributed by atoms with Crippen molar-refractivity contribution in [2.45, 2.75) is 12.8 Å². The third-order valence-electron chi connectivity index (χ3n) is 5.87. The summed E-state index contributed by atoms with van der Waals surface area (Å²) in [5.41, 5.74) is 5.12. The van der Waals surface area contributed by atoms with Crippen LogP contribution in [0.4, 0.5) is 5.69 Å². The molecular weight excluding hydrogens is 436 g/mol. The number of rotatable bonds is 9. The van der Waals surface area contributed by atoms with Crippen molar-refractivity contribution < 1.29 is 14.4 Å². The van der Waals surface area contributed by atoms with E-state index in [2.05, 4.69) is 4.98 Å². The maximum absolute atomic E-state index is 12.9. The van der Waals surface area contributed by atoms with E-state index in [-0.39, 0.29) is 30.2 Å². The zero-order valence-corrected chi connectivity index (χ0v) is 19.8. The van der Waals surface area contributed by atoms with Gasteiger partial charge in [-0.05, 0) is 47.5 Å². The highest BCUT2D eigenvalue weighted by molar-refractivity contribution is 6.09. The molecule has 1 heterocycles. The summed E-state index contributed by atoms with van der Waals surface area (Å²) in [6.45, 7) is 0. The Bertz CT molecular complexity index is 1330. The summed E-state index contributed by atoms with van der Waals surface area (Å²) in [7, 11) is 3.91. The zero-order chi connectivity index (χ0) is 24.8. The molecule has 5 nitrogen and oxygen atoms in total. The van der Waals surface area contributed by atoms with Crippen LogP contribution in [0.1, 0.15) is 47.8 Å². The Labute approximate surface area is 205 Å². The number of aromatic nitrogens is 1. The molecule has 3 aromatic carbocycles. The molecule has 0 aliphatic carbocycles. The topological polar surface area (TPSA) is 67.3 Å². The molecule has 4 rings (SSSR count). The minimum Gasteiger partial charge on any atom is -0.378 e. The number of ketones is 3. The maximum atomic E-state index is 12.9.